The van der Waals surface area contributed by atoms with Gasteiger partial charge in [-0.25, -0.2) is 0 Å². The van der Waals surface area contributed by atoms with E-state index in [-0.39, 0.29) is 11.1 Å². The molecule has 0 N–H and O–H groups in total. The lowest BCUT2D eigenvalue weighted by molar-refractivity contribution is -0.274. The Kier molecular flexibility index (Phi) is 3.74. The van der Waals surface area contributed by atoms with Gasteiger partial charge in [0, 0.05) is 18.0 Å². The molecule has 0 saturated heterocycles. The number of hydrogen-bond acceptors (Lipinski definition) is 3. The van der Waals surface area contributed by atoms with E-state index < -0.39 is 17.9 Å². The van der Waals surface area contributed by atoms with Gasteiger partial charge < -0.3 is 4.74 Å². The van der Waals surface area contributed by atoms with E-state index in [1.807, 2.05) is 0 Å². The van der Waals surface area contributed by atoms with Crippen molar-refractivity contribution >= 4 is 5.78 Å². The number of rotatable bonds is 3. The molecule has 2 rings (SSSR count). The Morgan fingerprint density at radius 2 is 1.80 bits per heavy atom. The number of carbonyl (C=O) groups is 1. The summed E-state index contributed by atoms with van der Waals surface area (Å²) in [5.74, 6) is -1.05. The van der Waals surface area contributed by atoms with Gasteiger partial charge in [0.1, 0.15) is 5.75 Å². The summed E-state index contributed by atoms with van der Waals surface area (Å²) in [5.41, 5.74) is 0.672. The highest BCUT2D eigenvalue weighted by molar-refractivity contribution is 6.10. The third kappa shape index (κ3) is 3.34. The minimum absolute atomic E-state index is 0.140. The summed E-state index contributed by atoms with van der Waals surface area (Å²) < 4.78 is 41.0. The number of halogens is 3. The van der Waals surface area contributed by atoms with Crippen LogP contribution in [0.2, 0.25) is 0 Å². The first kappa shape index (κ1) is 14.0. The summed E-state index contributed by atoms with van der Waals surface area (Å²) in [7, 11) is 0. The molecule has 1 aromatic heterocycles. The zero-order valence-corrected chi connectivity index (χ0v) is 10.4. The summed E-state index contributed by atoms with van der Waals surface area (Å²) in [6.07, 6.45) is -2.06. The lowest BCUT2D eigenvalue weighted by Gasteiger charge is -2.13. The third-order valence-corrected chi connectivity index (χ3v) is 2.55. The molecule has 0 saturated carbocycles. The number of alkyl halides is 3. The van der Waals surface area contributed by atoms with Crippen LogP contribution in [0.4, 0.5) is 13.2 Å². The average Bonchev–Trinajstić information content (AvgIpc) is 2.37. The molecule has 0 radical (unpaired) electrons. The van der Waals surface area contributed by atoms with Gasteiger partial charge in [0.2, 0.25) is 0 Å². The zero-order valence-electron chi connectivity index (χ0n) is 10.4. The number of aryl methyl sites for hydroxylation is 1. The summed E-state index contributed by atoms with van der Waals surface area (Å²) >= 11 is 0. The Hall–Kier alpha value is -2.37. The van der Waals surface area contributed by atoms with E-state index in [4.69, 9.17) is 0 Å². The largest absolute Gasteiger partial charge is 0.573 e. The second kappa shape index (κ2) is 5.32. The molecule has 0 bridgehead atoms. The molecule has 0 aliphatic rings. The van der Waals surface area contributed by atoms with Gasteiger partial charge in [-0.3, -0.25) is 9.78 Å². The van der Waals surface area contributed by atoms with Crippen LogP contribution in [0.15, 0.2) is 42.7 Å². The standard InChI is InChI=1S/C14H10F3NO2/c1-9-2-3-11(12(8-9)20-14(15,16)17)13(19)10-4-6-18-7-5-10/h2-8H,1H3. The normalized spacial score (nSPS) is 11.2. The van der Waals surface area contributed by atoms with Crippen LogP contribution in [0, 0.1) is 6.92 Å². The lowest BCUT2D eigenvalue weighted by atomic mass is 10.0. The molecule has 0 aliphatic heterocycles. The quantitative estimate of drug-likeness (QED) is 0.808. The number of pyridine rings is 1. The zero-order chi connectivity index (χ0) is 14.8. The molecule has 3 nitrogen and oxygen atoms in total. The maximum absolute atomic E-state index is 12.4. The van der Waals surface area contributed by atoms with Gasteiger partial charge in [-0.1, -0.05) is 6.07 Å². The highest BCUT2D eigenvalue weighted by Gasteiger charge is 2.33. The molecule has 0 aliphatic carbocycles. The van der Waals surface area contributed by atoms with Crippen LogP contribution < -0.4 is 4.74 Å². The molecule has 104 valence electrons. The Labute approximate surface area is 113 Å². The Morgan fingerprint density at radius 3 is 2.40 bits per heavy atom. The Balaban J connectivity index is 2.43. The molecule has 0 amide bonds. The smallest absolute Gasteiger partial charge is 0.405 e. The molecule has 6 heteroatoms. The second-order valence-electron chi connectivity index (χ2n) is 4.11. The minimum Gasteiger partial charge on any atom is -0.405 e. The van der Waals surface area contributed by atoms with E-state index in [0.29, 0.717) is 5.56 Å². The van der Waals surface area contributed by atoms with Gasteiger partial charge in [0.25, 0.3) is 0 Å². The number of carbonyl (C=O) groups excluding carboxylic acids is 1. The van der Waals surface area contributed by atoms with Crippen molar-refractivity contribution in [1.82, 2.24) is 4.98 Å². The number of benzene rings is 1. The van der Waals surface area contributed by atoms with Crippen molar-refractivity contribution in [2.24, 2.45) is 0 Å². The Bertz CT molecular complexity index is 624. The van der Waals surface area contributed by atoms with Crippen molar-refractivity contribution in [3.63, 3.8) is 0 Å². The molecule has 0 fully saturated rings. The van der Waals surface area contributed by atoms with Gasteiger partial charge in [0.15, 0.2) is 5.78 Å². The van der Waals surface area contributed by atoms with Crippen LogP contribution in [0.3, 0.4) is 0 Å². The molecule has 0 atom stereocenters. The van der Waals surface area contributed by atoms with Gasteiger partial charge in [-0.05, 0) is 36.8 Å². The van der Waals surface area contributed by atoms with Gasteiger partial charge >= 0.3 is 6.36 Å². The predicted molar refractivity (Wildman–Crippen MR) is 65.5 cm³/mol. The fourth-order valence-corrected chi connectivity index (χ4v) is 1.69. The van der Waals surface area contributed by atoms with E-state index in [9.17, 15) is 18.0 Å². The van der Waals surface area contributed by atoms with E-state index >= 15 is 0 Å². The number of hydrogen-bond donors (Lipinski definition) is 0. The molecule has 2 aromatic rings. The molecule has 0 unspecified atom stereocenters. The van der Waals surface area contributed by atoms with E-state index in [0.717, 1.165) is 0 Å². The highest BCUT2D eigenvalue weighted by atomic mass is 19.4. The van der Waals surface area contributed by atoms with Crippen molar-refractivity contribution in [3.8, 4) is 5.75 Å². The van der Waals surface area contributed by atoms with Crippen LogP contribution in [-0.2, 0) is 0 Å². The minimum atomic E-state index is -4.85. The molecule has 1 aromatic carbocycles. The lowest BCUT2D eigenvalue weighted by Crippen LogP contribution is -2.19. The molecular formula is C14H10F3NO2. The van der Waals surface area contributed by atoms with E-state index in [1.54, 1.807) is 13.0 Å². The highest BCUT2D eigenvalue weighted by Crippen LogP contribution is 2.29. The summed E-state index contributed by atoms with van der Waals surface area (Å²) in [6, 6.07) is 6.91. The van der Waals surface area contributed by atoms with Crippen molar-refractivity contribution in [1.29, 1.82) is 0 Å². The first-order valence-electron chi connectivity index (χ1n) is 5.68. The molecular weight excluding hydrogens is 271 g/mol. The van der Waals surface area contributed by atoms with Gasteiger partial charge in [0.05, 0.1) is 5.56 Å². The van der Waals surface area contributed by atoms with Crippen LogP contribution in [0.1, 0.15) is 21.5 Å². The topological polar surface area (TPSA) is 39.2 Å². The van der Waals surface area contributed by atoms with E-state index in [1.165, 1.54) is 36.7 Å². The van der Waals surface area contributed by atoms with E-state index in [2.05, 4.69) is 9.72 Å². The second-order valence-corrected chi connectivity index (χ2v) is 4.11. The monoisotopic (exact) mass is 281 g/mol. The summed E-state index contributed by atoms with van der Waals surface area (Å²) in [5, 5.41) is 0. The van der Waals surface area contributed by atoms with Gasteiger partial charge in [-0.2, -0.15) is 0 Å². The summed E-state index contributed by atoms with van der Waals surface area (Å²) in [4.78, 5) is 15.9. The van der Waals surface area contributed by atoms with Crippen LogP contribution >= 0.6 is 0 Å². The van der Waals surface area contributed by atoms with Crippen LogP contribution in [-0.4, -0.2) is 17.1 Å². The predicted octanol–water partition coefficient (Wildman–Crippen LogP) is 3.52. The van der Waals surface area contributed by atoms with Gasteiger partial charge in [-0.15, -0.1) is 13.2 Å². The number of aromatic nitrogens is 1. The van der Waals surface area contributed by atoms with Crippen molar-refractivity contribution in [3.05, 3.63) is 59.4 Å². The fraction of sp³-hybridized carbons (Fsp3) is 0.143. The van der Waals surface area contributed by atoms with Crippen molar-refractivity contribution < 1.29 is 22.7 Å². The molecule has 1 heterocycles. The molecule has 0 spiro atoms. The fourth-order valence-electron chi connectivity index (χ4n) is 1.69. The molecule has 20 heavy (non-hydrogen) atoms. The Morgan fingerprint density at radius 1 is 1.15 bits per heavy atom. The number of nitrogens with zero attached hydrogens (tertiary/aromatic N) is 1. The third-order valence-electron chi connectivity index (χ3n) is 2.55. The average molecular weight is 281 g/mol. The number of ketones is 1. The van der Waals surface area contributed by atoms with Crippen molar-refractivity contribution in [2.45, 2.75) is 13.3 Å². The van der Waals surface area contributed by atoms with Crippen LogP contribution in [0.5, 0.6) is 5.75 Å². The summed E-state index contributed by atoms with van der Waals surface area (Å²) in [6.45, 7) is 1.62. The SMILES string of the molecule is Cc1ccc(C(=O)c2ccncc2)c(OC(F)(F)F)c1. The first-order chi connectivity index (χ1) is 9.37. The maximum atomic E-state index is 12.4. The first-order valence-corrected chi connectivity index (χ1v) is 5.68. The maximum Gasteiger partial charge on any atom is 0.573 e. The van der Waals surface area contributed by atoms with Crippen LogP contribution in [0.25, 0.3) is 0 Å². The number of ether oxygens (including phenoxy) is 1. The van der Waals surface area contributed by atoms with Crippen molar-refractivity contribution in [2.75, 3.05) is 0 Å².